The van der Waals surface area contributed by atoms with Crippen LogP contribution in [0, 0.1) is 0 Å². The SMILES string of the molecule is CC(Cc1ccsc1)NC(=O)N[C@@H](CCC(N)=O)C(=O)O. The Kier molecular flexibility index (Phi) is 6.67. The number of nitrogens with two attached hydrogens (primary N) is 1. The molecular formula is C13H19N3O4S. The van der Waals surface area contributed by atoms with Crippen LogP contribution in [0.4, 0.5) is 4.79 Å². The van der Waals surface area contributed by atoms with Crippen molar-refractivity contribution < 1.29 is 19.5 Å². The van der Waals surface area contributed by atoms with Gasteiger partial charge in [0.1, 0.15) is 6.04 Å². The van der Waals surface area contributed by atoms with Crippen LogP contribution in [-0.2, 0) is 16.0 Å². The molecule has 0 aromatic carbocycles. The predicted molar refractivity (Wildman–Crippen MR) is 79.0 cm³/mol. The topological polar surface area (TPSA) is 122 Å². The Hall–Kier alpha value is -2.09. The summed E-state index contributed by atoms with van der Waals surface area (Å²) in [6, 6.07) is 0.124. The van der Waals surface area contributed by atoms with Crippen molar-refractivity contribution in [2.75, 3.05) is 0 Å². The van der Waals surface area contributed by atoms with Crippen LogP contribution in [0.25, 0.3) is 0 Å². The van der Waals surface area contributed by atoms with Gasteiger partial charge in [-0.15, -0.1) is 0 Å². The molecule has 2 atom stereocenters. The van der Waals surface area contributed by atoms with Crippen molar-refractivity contribution in [2.24, 2.45) is 5.73 Å². The second-order valence-corrected chi connectivity index (χ2v) is 5.53. The number of hydrogen-bond donors (Lipinski definition) is 4. The molecule has 21 heavy (non-hydrogen) atoms. The summed E-state index contributed by atoms with van der Waals surface area (Å²) in [6.45, 7) is 1.83. The first kappa shape index (κ1) is 17.0. The summed E-state index contributed by atoms with van der Waals surface area (Å²) in [7, 11) is 0. The standard InChI is InChI=1S/C13H19N3O4S/c1-8(6-9-4-5-21-7-9)15-13(20)16-10(12(18)19)2-3-11(14)17/h4-5,7-8,10H,2-3,6H2,1H3,(H2,14,17)(H,18,19)(H2,15,16,20)/t8?,10-/m0/s1. The van der Waals surface area contributed by atoms with Gasteiger partial charge in [-0.3, -0.25) is 4.79 Å². The molecule has 1 unspecified atom stereocenters. The van der Waals surface area contributed by atoms with Gasteiger partial charge in [0.2, 0.25) is 5.91 Å². The van der Waals surface area contributed by atoms with Crippen molar-refractivity contribution >= 4 is 29.2 Å². The minimum atomic E-state index is -1.20. The fourth-order valence-corrected chi connectivity index (χ4v) is 2.46. The average Bonchev–Trinajstić information content (AvgIpc) is 2.86. The third-order valence-corrected chi connectivity index (χ3v) is 3.51. The van der Waals surface area contributed by atoms with Gasteiger partial charge in [0.25, 0.3) is 0 Å². The van der Waals surface area contributed by atoms with Gasteiger partial charge in [-0.1, -0.05) is 0 Å². The number of hydrogen-bond acceptors (Lipinski definition) is 4. The lowest BCUT2D eigenvalue weighted by atomic mass is 10.1. The van der Waals surface area contributed by atoms with Crippen LogP contribution in [0.5, 0.6) is 0 Å². The lowest BCUT2D eigenvalue weighted by Gasteiger charge is -2.17. The number of amides is 3. The molecule has 8 heteroatoms. The third-order valence-electron chi connectivity index (χ3n) is 2.78. The van der Waals surface area contributed by atoms with E-state index in [2.05, 4.69) is 10.6 Å². The van der Waals surface area contributed by atoms with E-state index in [-0.39, 0.29) is 18.9 Å². The summed E-state index contributed by atoms with van der Waals surface area (Å²) in [5, 5.41) is 17.9. The highest BCUT2D eigenvalue weighted by Gasteiger charge is 2.21. The van der Waals surface area contributed by atoms with Crippen LogP contribution in [0.15, 0.2) is 16.8 Å². The molecule has 1 aromatic heterocycles. The monoisotopic (exact) mass is 313 g/mol. The van der Waals surface area contributed by atoms with E-state index in [1.807, 2.05) is 23.8 Å². The first-order valence-electron chi connectivity index (χ1n) is 6.47. The molecule has 0 fully saturated rings. The Morgan fingerprint density at radius 3 is 2.62 bits per heavy atom. The van der Waals surface area contributed by atoms with Crippen molar-refractivity contribution in [3.63, 3.8) is 0 Å². The Morgan fingerprint density at radius 1 is 1.38 bits per heavy atom. The van der Waals surface area contributed by atoms with E-state index in [1.54, 1.807) is 11.3 Å². The number of aliphatic carboxylic acids is 1. The van der Waals surface area contributed by atoms with E-state index < -0.39 is 23.9 Å². The number of carboxylic acids is 1. The van der Waals surface area contributed by atoms with Gasteiger partial charge in [-0.05, 0) is 42.2 Å². The molecule has 0 aliphatic carbocycles. The molecule has 0 spiro atoms. The highest BCUT2D eigenvalue weighted by molar-refractivity contribution is 7.07. The first-order chi connectivity index (χ1) is 9.88. The largest absolute Gasteiger partial charge is 0.480 e. The fraction of sp³-hybridized carbons (Fsp3) is 0.462. The molecule has 1 aromatic rings. The van der Waals surface area contributed by atoms with E-state index >= 15 is 0 Å². The molecule has 0 bridgehead atoms. The van der Waals surface area contributed by atoms with Crippen molar-refractivity contribution in [3.8, 4) is 0 Å². The van der Waals surface area contributed by atoms with Crippen molar-refractivity contribution in [2.45, 2.75) is 38.3 Å². The van der Waals surface area contributed by atoms with Crippen molar-refractivity contribution in [3.05, 3.63) is 22.4 Å². The molecule has 1 rings (SSSR count). The molecule has 3 amide bonds. The maximum Gasteiger partial charge on any atom is 0.326 e. The molecule has 0 radical (unpaired) electrons. The Labute approximate surface area is 126 Å². The summed E-state index contributed by atoms with van der Waals surface area (Å²) in [5.74, 6) is -1.80. The molecule has 0 saturated heterocycles. The van der Waals surface area contributed by atoms with Gasteiger partial charge >= 0.3 is 12.0 Å². The maximum atomic E-state index is 11.7. The summed E-state index contributed by atoms with van der Waals surface area (Å²) >= 11 is 1.57. The average molecular weight is 313 g/mol. The zero-order valence-electron chi connectivity index (χ0n) is 11.7. The molecule has 116 valence electrons. The zero-order chi connectivity index (χ0) is 15.8. The number of carbonyl (C=O) groups is 3. The van der Waals surface area contributed by atoms with E-state index in [9.17, 15) is 14.4 Å². The molecule has 0 aliphatic rings. The summed E-state index contributed by atoms with van der Waals surface area (Å²) in [4.78, 5) is 33.4. The number of urea groups is 1. The van der Waals surface area contributed by atoms with Crippen LogP contribution in [0.3, 0.4) is 0 Å². The van der Waals surface area contributed by atoms with Crippen LogP contribution in [-0.4, -0.2) is 35.1 Å². The highest BCUT2D eigenvalue weighted by Crippen LogP contribution is 2.08. The molecule has 0 saturated carbocycles. The third kappa shape index (κ3) is 6.75. The normalized spacial score (nSPS) is 13.2. The molecule has 5 N–H and O–H groups in total. The summed E-state index contributed by atoms with van der Waals surface area (Å²) in [6.07, 6.45) is 0.536. The Balaban J connectivity index is 2.42. The van der Waals surface area contributed by atoms with Crippen molar-refractivity contribution in [1.29, 1.82) is 0 Å². The number of carbonyl (C=O) groups excluding carboxylic acids is 2. The quantitative estimate of drug-likeness (QED) is 0.564. The van der Waals surface area contributed by atoms with Gasteiger partial charge in [0.05, 0.1) is 0 Å². The number of carboxylic acid groups (broad SMARTS) is 1. The van der Waals surface area contributed by atoms with E-state index in [4.69, 9.17) is 10.8 Å². The van der Waals surface area contributed by atoms with Crippen molar-refractivity contribution in [1.82, 2.24) is 10.6 Å². The molecule has 7 nitrogen and oxygen atoms in total. The predicted octanol–water partition coefficient (Wildman–Crippen LogP) is 0.697. The molecule has 1 heterocycles. The number of nitrogens with one attached hydrogen (secondary N) is 2. The Morgan fingerprint density at radius 2 is 2.10 bits per heavy atom. The van der Waals surface area contributed by atoms with Crippen LogP contribution in [0.2, 0.25) is 0 Å². The lowest BCUT2D eigenvalue weighted by molar-refractivity contribution is -0.139. The minimum Gasteiger partial charge on any atom is -0.480 e. The zero-order valence-corrected chi connectivity index (χ0v) is 12.5. The van der Waals surface area contributed by atoms with Gasteiger partial charge in [0, 0.05) is 12.5 Å². The lowest BCUT2D eigenvalue weighted by Crippen LogP contribution is -2.49. The van der Waals surface area contributed by atoms with Crippen LogP contribution < -0.4 is 16.4 Å². The minimum absolute atomic E-state index is 0.0308. The number of rotatable bonds is 8. The highest BCUT2D eigenvalue weighted by atomic mass is 32.1. The second-order valence-electron chi connectivity index (χ2n) is 4.75. The number of thiophene rings is 1. The van der Waals surface area contributed by atoms with Gasteiger partial charge in [-0.2, -0.15) is 11.3 Å². The van der Waals surface area contributed by atoms with Crippen LogP contribution in [0.1, 0.15) is 25.3 Å². The summed E-state index contributed by atoms with van der Waals surface area (Å²) < 4.78 is 0. The van der Waals surface area contributed by atoms with Crippen LogP contribution >= 0.6 is 11.3 Å². The second kappa shape index (κ2) is 8.25. The maximum absolute atomic E-state index is 11.7. The first-order valence-corrected chi connectivity index (χ1v) is 7.42. The number of primary amides is 1. The van der Waals surface area contributed by atoms with Gasteiger partial charge < -0.3 is 21.5 Å². The molecular weight excluding hydrogens is 294 g/mol. The smallest absolute Gasteiger partial charge is 0.326 e. The summed E-state index contributed by atoms with van der Waals surface area (Å²) in [5.41, 5.74) is 6.08. The Bertz CT molecular complexity index is 490. The van der Waals surface area contributed by atoms with Gasteiger partial charge in [0.15, 0.2) is 0 Å². The van der Waals surface area contributed by atoms with E-state index in [1.165, 1.54) is 0 Å². The van der Waals surface area contributed by atoms with Gasteiger partial charge in [-0.25, -0.2) is 9.59 Å². The fourth-order valence-electron chi connectivity index (χ4n) is 1.78. The molecule has 0 aliphatic heterocycles. The van der Waals surface area contributed by atoms with E-state index in [0.29, 0.717) is 6.42 Å². The van der Waals surface area contributed by atoms with E-state index in [0.717, 1.165) is 5.56 Å².